The third kappa shape index (κ3) is 3.40. The van der Waals surface area contributed by atoms with Crippen LogP contribution in [0.15, 0.2) is 17.8 Å². The lowest BCUT2D eigenvalue weighted by molar-refractivity contribution is 0.468. The summed E-state index contributed by atoms with van der Waals surface area (Å²) >= 11 is 0. The molecular weight excluding hydrogens is 102 g/mol. The van der Waals surface area contributed by atoms with Crippen molar-refractivity contribution in [2.45, 2.75) is 13.8 Å². The molecule has 0 saturated heterocycles. The van der Waals surface area contributed by atoms with Crippen LogP contribution in [0.3, 0.4) is 0 Å². The molecule has 2 nitrogen and oxygen atoms in total. The first-order chi connectivity index (χ1) is 3.81. The van der Waals surface area contributed by atoms with Crippen molar-refractivity contribution < 1.29 is 4.74 Å². The van der Waals surface area contributed by atoms with Gasteiger partial charge in [0.15, 0.2) is 5.90 Å². The Hall–Kier alpha value is -0.790. The third-order valence-electron chi connectivity index (χ3n) is 0.635. The Morgan fingerprint density at radius 1 is 1.88 bits per heavy atom. The lowest BCUT2D eigenvalue weighted by Crippen LogP contribution is -1.92. The molecule has 0 atom stereocenters. The summed E-state index contributed by atoms with van der Waals surface area (Å²) in [7, 11) is 0. The number of ether oxygens (including phenoxy) is 1. The van der Waals surface area contributed by atoms with Gasteiger partial charge in [0.1, 0.15) is 0 Å². The molecule has 0 aliphatic heterocycles. The number of rotatable bonds is 2. The van der Waals surface area contributed by atoms with Crippen molar-refractivity contribution >= 4 is 5.90 Å². The van der Waals surface area contributed by atoms with E-state index in [1.807, 2.05) is 6.92 Å². The first-order valence-electron chi connectivity index (χ1n) is 2.60. The second-order valence-electron chi connectivity index (χ2n) is 1.28. The van der Waals surface area contributed by atoms with Gasteiger partial charge in [0, 0.05) is 13.5 Å². The fourth-order valence-corrected chi connectivity index (χ4v) is 0.381. The Morgan fingerprint density at radius 2 is 2.50 bits per heavy atom. The number of hydrogen-bond acceptors (Lipinski definition) is 2. The largest absolute Gasteiger partial charge is 0.452 e. The third-order valence-corrected chi connectivity index (χ3v) is 0.635. The molecule has 0 aromatic heterocycles. The van der Waals surface area contributed by atoms with Crippen molar-refractivity contribution in [1.82, 2.24) is 0 Å². The van der Waals surface area contributed by atoms with E-state index in [9.17, 15) is 0 Å². The van der Waals surface area contributed by atoms with E-state index in [0.29, 0.717) is 5.90 Å². The van der Waals surface area contributed by atoms with Crippen LogP contribution in [-0.4, -0.2) is 12.4 Å². The van der Waals surface area contributed by atoms with Crippen LogP contribution in [0.2, 0.25) is 0 Å². The molecule has 0 aliphatic carbocycles. The Morgan fingerprint density at radius 3 is 2.88 bits per heavy atom. The maximum atomic E-state index is 4.80. The molecule has 0 aromatic carbocycles. The Bertz CT molecular complexity index is 96.7. The summed E-state index contributed by atoms with van der Waals surface area (Å²) in [6.45, 7) is 7.89. The molecule has 0 amide bonds. The van der Waals surface area contributed by atoms with Gasteiger partial charge in [0.25, 0.3) is 0 Å². The molecule has 0 fully saturated rings. The standard InChI is InChI=1S/C6H11NO/c1-4-7-6(3)8-5-2/h5H,2,4H2,1,3H3. The Kier molecular flexibility index (Phi) is 3.94. The van der Waals surface area contributed by atoms with Crippen LogP contribution in [0, 0.1) is 0 Å². The summed E-state index contributed by atoms with van der Waals surface area (Å²) in [5.41, 5.74) is 0. The lowest BCUT2D eigenvalue weighted by Gasteiger charge is -1.93. The van der Waals surface area contributed by atoms with Crippen LogP contribution in [0.4, 0.5) is 0 Å². The average molecular weight is 113 g/mol. The van der Waals surface area contributed by atoms with E-state index in [1.165, 1.54) is 6.26 Å². The van der Waals surface area contributed by atoms with Gasteiger partial charge in [0.2, 0.25) is 0 Å². The first-order valence-corrected chi connectivity index (χ1v) is 2.60. The molecule has 0 aromatic rings. The van der Waals surface area contributed by atoms with Crippen LogP contribution in [-0.2, 0) is 4.74 Å². The van der Waals surface area contributed by atoms with E-state index in [2.05, 4.69) is 11.6 Å². The van der Waals surface area contributed by atoms with Crippen molar-refractivity contribution in [3.05, 3.63) is 12.8 Å². The van der Waals surface area contributed by atoms with Gasteiger partial charge in [-0.15, -0.1) is 0 Å². The van der Waals surface area contributed by atoms with Gasteiger partial charge in [0.05, 0.1) is 6.26 Å². The summed E-state index contributed by atoms with van der Waals surface area (Å²) in [4.78, 5) is 3.94. The maximum Gasteiger partial charge on any atom is 0.186 e. The van der Waals surface area contributed by atoms with Gasteiger partial charge in [-0.2, -0.15) is 0 Å². The van der Waals surface area contributed by atoms with Crippen molar-refractivity contribution in [3.8, 4) is 0 Å². The normalized spacial score (nSPS) is 11.0. The number of aliphatic imine (C=N–C) groups is 1. The van der Waals surface area contributed by atoms with E-state index < -0.39 is 0 Å². The molecule has 0 bridgehead atoms. The summed E-state index contributed by atoms with van der Waals surface area (Å²) in [6.07, 6.45) is 1.37. The fourth-order valence-electron chi connectivity index (χ4n) is 0.381. The van der Waals surface area contributed by atoms with Gasteiger partial charge in [-0.3, -0.25) is 4.99 Å². The van der Waals surface area contributed by atoms with E-state index >= 15 is 0 Å². The average Bonchev–Trinajstić information content (AvgIpc) is 1.68. The lowest BCUT2D eigenvalue weighted by atomic mass is 10.7. The predicted molar refractivity (Wildman–Crippen MR) is 34.9 cm³/mol. The zero-order valence-electron chi connectivity index (χ0n) is 5.35. The van der Waals surface area contributed by atoms with Gasteiger partial charge in [-0.05, 0) is 6.92 Å². The van der Waals surface area contributed by atoms with Gasteiger partial charge in [-0.1, -0.05) is 6.58 Å². The monoisotopic (exact) mass is 113 g/mol. The molecule has 8 heavy (non-hydrogen) atoms. The number of nitrogens with zero attached hydrogens (tertiary/aromatic N) is 1. The molecule has 0 unspecified atom stereocenters. The molecule has 2 heteroatoms. The molecule has 0 N–H and O–H groups in total. The number of hydrogen-bond donors (Lipinski definition) is 0. The van der Waals surface area contributed by atoms with E-state index in [0.717, 1.165) is 6.54 Å². The second kappa shape index (κ2) is 4.37. The summed E-state index contributed by atoms with van der Waals surface area (Å²) < 4.78 is 4.80. The van der Waals surface area contributed by atoms with Crippen molar-refractivity contribution in [3.63, 3.8) is 0 Å². The van der Waals surface area contributed by atoms with Crippen LogP contribution in [0.5, 0.6) is 0 Å². The van der Waals surface area contributed by atoms with Gasteiger partial charge >= 0.3 is 0 Å². The Balaban J connectivity index is 3.44. The summed E-state index contributed by atoms with van der Waals surface area (Å²) in [5, 5.41) is 0. The summed E-state index contributed by atoms with van der Waals surface area (Å²) in [5.74, 6) is 0.669. The quantitative estimate of drug-likeness (QED) is 0.302. The zero-order chi connectivity index (χ0) is 6.41. The fraction of sp³-hybridized carbons (Fsp3) is 0.500. The topological polar surface area (TPSA) is 21.6 Å². The first kappa shape index (κ1) is 7.21. The molecule has 0 rings (SSSR count). The van der Waals surface area contributed by atoms with E-state index in [1.54, 1.807) is 6.92 Å². The highest BCUT2D eigenvalue weighted by Crippen LogP contribution is 1.80. The van der Waals surface area contributed by atoms with E-state index in [-0.39, 0.29) is 0 Å². The van der Waals surface area contributed by atoms with Crippen molar-refractivity contribution in [1.29, 1.82) is 0 Å². The molecule has 0 aliphatic rings. The molecule has 0 saturated carbocycles. The minimum atomic E-state index is 0.669. The highest BCUT2D eigenvalue weighted by atomic mass is 16.5. The maximum absolute atomic E-state index is 4.80. The Labute approximate surface area is 49.9 Å². The van der Waals surface area contributed by atoms with Gasteiger partial charge < -0.3 is 4.74 Å². The van der Waals surface area contributed by atoms with Gasteiger partial charge in [-0.25, -0.2) is 0 Å². The smallest absolute Gasteiger partial charge is 0.186 e. The highest BCUT2D eigenvalue weighted by Gasteiger charge is 1.80. The molecular formula is C6H11NO. The summed E-state index contributed by atoms with van der Waals surface area (Å²) in [6, 6.07) is 0. The SMILES string of the molecule is C=COC(C)=NCC. The second-order valence-corrected chi connectivity index (χ2v) is 1.28. The van der Waals surface area contributed by atoms with Crippen LogP contribution >= 0.6 is 0 Å². The minimum Gasteiger partial charge on any atom is -0.452 e. The van der Waals surface area contributed by atoms with Crippen LogP contribution in [0.1, 0.15) is 13.8 Å². The van der Waals surface area contributed by atoms with E-state index in [4.69, 9.17) is 4.74 Å². The molecule has 0 heterocycles. The predicted octanol–water partition coefficient (Wildman–Crippen LogP) is 1.58. The highest BCUT2D eigenvalue weighted by molar-refractivity contribution is 5.73. The molecule has 0 radical (unpaired) electrons. The van der Waals surface area contributed by atoms with Crippen LogP contribution < -0.4 is 0 Å². The molecule has 46 valence electrons. The minimum absolute atomic E-state index is 0.669. The van der Waals surface area contributed by atoms with Crippen LogP contribution in [0.25, 0.3) is 0 Å². The van der Waals surface area contributed by atoms with Crippen molar-refractivity contribution in [2.75, 3.05) is 6.54 Å². The van der Waals surface area contributed by atoms with Crippen molar-refractivity contribution in [2.24, 2.45) is 4.99 Å². The molecule has 0 spiro atoms. The zero-order valence-corrected chi connectivity index (χ0v) is 5.35.